The quantitative estimate of drug-likeness (QED) is 0.642. The molecule has 0 aromatic carbocycles. The fourth-order valence-corrected chi connectivity index (χ4v) is 9.03. The van der Waals surface area contributed by atoms with Gasteiger partial charge in [-0.25, -0.2) is 0 Å². The summed E-state index contributed by atoms with van der Waals surface area (Å²) in [6.07, 6.45) is 11.1. The van der Waals surface area contributed by atoms with Crippen molar-refractivity contribution in [3.05, 3.63) is 0 Å². The Balaban J connectivity index is 1.55. The number of fused-ring (bicyclic) bond motifs is 5. The highest BCUT2D eigenvalue weighted by atomic mass is 16.4. The number of aliphatic carboxylic acids is 1. The van der Waals surface area contributed by atoms with Gasteiger partial charge in [-0.1, -0.05) is 34.1 Å². The van der Waals surface area contributed by atoms with Crippen molar-refractivity contribution in [2.45, 2.75) is 98.0 Å². The molecule has 0 aromatic heterocycles. The highest BCUT2D eigenvalue weighted by Gasteiger charge is 2.62. The van der Waals surface area contributed by atoms with Crippen molar-refractivity contribution in [3.8, 4) is 0 Å². The second kappa shape index (κ2) is 7.29. The summed E-state index contributed by atoms with van der Waals surface area (Å²) >= 11 is 0. The molecule has 0 radical (unpaired) electrons. The third kappa shape index (κ3) is 3.15. The van der Waals surface area contributed by atoms with E-state index in [1.165, 1.54) is 44.9 Å². The van der Waals surface area contributed by atoms with E-state index in [1.807, 2.05) is 0 Å². The first-order chi connectivity index (χ1) is 13.2. The maximum atomic E-state index is 11.2. The zero-order valence-corrected chi connectivity index (χ0v) is 18.5. The molecule has 2 N–H and O–H groups in total. The van der Waals surface area contributed by atoms with Crippen LogP contribution in [0.5, 0.6) is 0 Å². The molecule has 4 aliphatic carbocycles. The molecule has 160 valence electrons. The average molecular weight is 391 g/mol. The molecule has 4 aliphatic rings. The zero-order chi connectivity index (χ0) is 20.3. The topological polar surface area (TPSA) is 57.5 Å². The Morgan fingerprint density at radius 3 is 2.39 bits per heavy atom. The Morgan fingerprint density at radius 1 is 1.00 bits per heavy atom. The molecular formula is C25H42O3. The fraction of sp³-hybridized carbons (Fsp3) is 0.960. The minimum Gasteiger partial charge on any atom is -0.481 e. The summed E-state index contributed by atoms with van der Waals surface area (Å²) in [7, 11) is 0. The summed E-state index contributed by atoms with van der Waals surface area (Å²) in [4.78, 5) is 11.1. The summed E-state index contributed by atoms with van der Waals surface area (Å²) in [6, 6.07) is 0. The third-order valence-corrected chi connectivity index (χ3v) is 10.5. The van der Waals surface area contributed by atoms with Gasteiger partial charge in [0.05, 0.1) is 6.10 Å². The molecule has 0 aromatic rings. The molecule has 10 atom stereocenters. The van der Waals surface area contributed by atoms with Gasteiger partial charge in [-0.2, -0.15) is 0 Å². The van der Waals surface area contributed by atoms with Gasteiger partial charge < -0.3 is 10.2 Å². The molecule has 0 bridgehead atoms. The number of hydrogen-bond acceptors (Lipinski definition) is 2. The minimum absolute atomic E-state index is 0.111. The first kappa shape index (κ1) is 20.7. The van der Waals surface area contributed by atoms with Crippen LogP contribution in [0.2, 0.25) is 0 Å². The van der Waals surface area contributed by atoms with Crippen LogP contribution >= 0.6 is 0 Å². The summed E-state index contributed by atoms with van der Waals surface area (Å²) in [5.41, 5.74) is 0.688. The van der Waals surface area contributed by atoms with Gasteiger partial charge in [0.2, 0.25) is 0 Å². The first-order valence-corrected chi connectivity index (χ1v) is 12.1. The van der Waals surface area contributed by atoms with Crippen molar-refractivity contribution in [1.82, 2.24) is 0 Å². The van der Waals surface area contributed by atoms with E-state index in [0.29, 0.717) is 40.9 Å². The van der Waals surface area contributed by atoms with Gasteiger partial charge in [0, 0.05) is 6.42 Å². The number of aliphatic hydroxyl groups excluding tert-OH is 1. The standard InChI is InChI=1S/C25H42O3/c1-15-9-11-25(4)20-10-12-24(3)18(16(2)5-8-23(27)28)6-7-19(24)17(20)14-22(26)21(25)13-15/h15-22,26H,5-14H2,1-4H3,(H,27,28)/t15?,16-,17?,18?,19?,20?,21-,22-,24-,25-/m1/s1. The van der Waals surface area contributed by atoms with E-state index in [1.54, 1.807) is 0 Å². The van der Waals surface area contributed by atoms with Crippen LogP contribution in [0.4, 0.5) is 0 Å². The van der Waals surface area contributed by atoms with E-state index in [9.17, 15) is 9.90 Å². The third-order valence-electron chi connectivity index (χ3n) is 10.5. The molecular weight excluding hydrogens is 348 g/mol. The SMILES string of the molecule is CC1CC[C@]2(C)C3CC[C@@]4(C)C(CCC4[C@H](C)CCC(=O)O)C3C[C@@H](O)[C@H]2C1. The molecule has 0 aliphatic heterocycles. The molecule has 4 saturated carbocycles. The molecule has 0 heterocycles. The van der Waals surface area contributed by atoms with Crippen LogP contribution in [-0.4, -0.2) is 22.3 Å². The number of carbonyl (C=O) groups is 1. The van der Waals surface area contributed by atoms with Crippen molar-refractivity contribution in [3.63, 3.8) is 0 Å². The van der Waals surface area contributed by atoms with Crippen molar-refractivity contribution < 1.29 is 15.0 Å². The summed E-state index contributed by atoms with van der Waals surface area (Å²) in [5, 5.41) is 20.3. The number of hydrogen-bond donors (Lipinski definition) is 2. The summed E-state index contributed by atoms with van der Waals surface area (Å²) < 4.78 is 0. The highest BCUT2D eigenvalue weighted by Crippen LogP contribution is 2.68. The number of aliphatic hydroxyl groups is 1. The lowest BCUT2D eigenvalue weighted by Gasteiger charge is -2.62. The Kier molecular flexibility index (Phi) is 5.39. The molecule has 0 saturated heterocycles. The van der Waals surface area contributed by atoms with Gasteiger partial charge in [0.1, 0.15) is 0 Å². The normalized spacial score (nSPS) is 51.7. The van der Waals surface area contributed by atoms with E-state index in [2.05, 4.69) is 27.7 Å². The summed E-state index contributed by atoms with van der Waals surface area (Å²) in [6.45, 7) is 9.71. The Morgan fingerprint density at radius 2 is 1.68 bits per heavy atom. The Bertz CT molecular complexity index is 603. The molecule has 3 nitrogen and oxygen atoms in total. The molecule has 0 spiro atoms. The van der Waals surface area contributed by atoms with Gasteiger partial charge in [-0.05, 0) is 104 Å². The Labute approximate surface area is 171 Å². The van der Waals surface area contributed by atoms with E-state index in [4.69, 9.17) is 5.11 Å². The van der Waals surface area contributed by atoms with Crippen LogP contribution in [0, 0.1) is 52.3 Å². The van der Waals surface area contributed by atoms with Crippen molar-refractivity contribution in [2.24, 2.45) is 52.3 Å². The van der Waals surface area contributed by atoms with E-state index < -0.39 is 5.97 Å². The van der Waals surface area contributed by atoms with Crippen molar-refractivity contribution >= 4 is 5.97 Å². The van der Waals surface area contributed by atoms with Gasteiger partial charge in [0.15, 0.2) is 0 Å². The number of rotatable bonds is 4. The highest BCUT2D eigenvalue weighted by molar-refractivity contribution is 5.66. The average Bonchev–Trinajstić information content (AvgIpc) is 2.99. The molecule has 4 fully saturated rings. The fourth-order valence-electron chi connectivity index (χ4n) is 9.03. The smallest absolute Gasteiger partial charge is 0.303 e. The van der Waals surface area contributed by atoms with Crippen LogP contribution in [0.1, 0.15) is 91.9 Å². The van der Waals surface area contributed by atoms with Crippen molar-refractivity contribution in [2.75, 3.05) is 0 Å². The van der Waals surface area contributed by atoms with E-state index >= 15 is 0 Å². The predicted octanol–water partition coefficient (Wildman–Crippen LogP) is 5.75. The lowest BCUT2D eigenvalue weighted by Crippen LogP contribution is -2.57. The van der Waals surface area contributed by atoms with Crippen LogP contribution in [0.3, 0.4) is 0 Å². The number of carboxylic acids is 1. The second-order valence-electron chi connectivity index (χ2n) is 11.8. The molecule has 4 rings (SSSR count). The van der Waals surface area contributed by atoms with Crippen molar-refractivity contribution in [1.29, 1.82) is 0 Å². The number of carboxylic acid groups (broad SMARTS) is 1. The Hall–Kier alpha value is -0.570. The lowest BCUT2D eigenvalue weighted by molar-refractivity contribution is -0.165. The lowest BCUT2D eigenvalue weighted by atomic mass is 9.43. The molecule has 5 unspecified atom stereocenters. The maximum Gasteiger partial charge on any atom is 0.303 e. The van der Waals surface area contributed by atoms with Gasteiger partial charge in [0.25, 0.3) is 0 Å². The minimum atomic E-state index is -0.656. The maximum absolute atomic E-state index is 11.2. The zero-order valence-electron chi connectivity index (χ0n) is 18.5. The van der Waals surface area contributed by atoms with Crippen LogP contribution in [0.15, 0.2) is 0 Å². The monoisotopic (exact) mass is 390 g/mol. The molecule has 3 heteroatoms. The van der Waals surface area contributed by atoms with E-state index in [0.717, 1.165) is 30.6 Å². The van der Waals surface area contributed by atoms with Crippen LogP contribution < -0.4 is 0 Å². The van der Waals surface area contributed by atoms with Crippen LogP contribution in [0.25, 0.3) is 0 Å². The molecule has 28 heavy (non-hydrogen) atoms. The second-order valence-corrected chi connectivity index (χ2v) is 11.8. The van der Waals surface area contributed by atoms with Gasteiger partial charge in [-0.3, -0.25) is 4.79 Å². The summed E-state index contributed by atoms with van der Waals surface area (Å²) in [5.74, 6) is 3.98. The van der Waals surface area contributed by atoms with E-state index in [-0.39, 0.29) is 6.10 Å². The predicted molar refractivity (Wildman–Crippen MR) is 112 cm³/mol. The molecule has 0 amide bonds. The first-order valence-electron chi connectivity index (χ1n) is 12.1. The van der Waals surface area contributed by atoms with Crippen LogP contribution in [-0.2, 0) is 4.79 Å². The van der Waals surface area contributed by atoms with Gasteiger partial charge >= 0.3 is 5.97 Å². The van der Waals surface area contributed by atoms with Gasteiger partial charge in [-0.15, -0.1) is 0 Å². The largest absolute Gasteiger partial charge is 0.481 e.